The summed E-state index contributed by atoms with van der Waals surface area (Å²) in [5.41, 5.74) is 3.04. The van der Waals surface area contributed by atoms with E-state index in [1.165, 1.54) is 12.7 Å². The molecule has 0 bridgehead atoms. The fraction of sp³-hybridized carbons (Fsp3) is 0.407. The highest BCUT2D eigenvalue weighted by molar-refractivity contribution is 5.95. The standard InChI is InChI=1S/C27H33N3O5/c1-33-22-10-9-20(16-23(22)34-2)25-24(26(31)35-3)21(28-27(32)29-25)17-30-13-11-19(12-14-30)15-18-7-5-4-6-8-18/h4-10,16,19,25H,11-15,17H2,1-3H3,(H2,28,29,32). The molecule has 4 rings (SSSR count). The first-order valence-corrected chi connectivity index (χ1v) is 11.9. The Morgan fingerprint density at radius 3 is 2.37 bits per heavy atom. The van der Waals surface area contributed by atoms with Crippen LogP contribution in [0.15, 0.2) is 59.8 Å². The third kappa shape index (κ3) is 5.77. The number of carbonyl (C=O) groups excluding carboxylic acids is 2. The Bertz CT molecular complexity index is 1080. The number of benzene rings is 2. The first-order valence-electron chi connectivity index (χ1n) is 11.9. The molecule has 1 saturated heterocycles. The Labute approximate surface area is 206 Å². The van der Waals surface area contributed by atoms with Crippen molar-refractivity contribution in [2.75, 3.05) is 41.0 Å². The van der Waals surface area contributed by atoms with Crippen molar-refractivity contribution in [3.8, 4) is 11.5 Å². The van der Waals surface area contributed by atoms with Crippen LogP contribution in [0.1, 0.15) is 30.0 Å². The molecule has 1 fully saturated rings. The number of esters is 1. The molecular formula is C27H33N3O5. The SMILES string of the molecule is COC(=O)C1=C(CN2CCC(Cc3ccccc3)CC2)NC(=O)NC1c1ccc(OC)c(OC)c1. The summed E-state index contributed by atoms with van der Waals surface area (Å²) in [7, 11) is 4.46. The first kappa shape index (κ1) is 24.6. The van der Waals surface area contributed by atoms with E-state index in [-0.39, 0.29) is 6.03 Å². The van der Waals surface area contributed by atoms with Gasteiger partial charge in [0, 0.05) is 12.2 Å². The van der Waals surface area contributed by atoms with E-state index in [0.717, 1.165) is 32.4 Å². The van der Waals surface area contributed by atoms with Gasteiger partial charge in [0.05, 0.1) is 32.9 Å². The topological polar surface area (TPSA) is 89.1 Å². The van der Waals surface area contributed by atoms with Gasteiger partial charge < -0.3 is 24.8 Å². The van der Waals surface area contributed by atoms with Crippen LogP contribution < -0.4 is 20.1 Å². The van der Waals surface area contributed by atoms with Gasteiger partial charge in [-0.1, -0.05) is 36.4 Å². The molecule has 1 atom stereocenters. The van der Waals surface area contributed by atoms with Crippen LogP contribution in [0.25, 0.3) is 0 Å². The molecule has 0 saturated carbocycles. The van der Waals surface area contributed by atoms with Crippen molar-refractivity contribution < 1.29 is 23.8 Å². The maximum Gasteiger partial charge on any atom is 0.338 e. The van der Waals surface area contributed by atoms with Crippen molar-refractivity contribution in [2.24, 2.45) is 5.92 Å². The highest BCUT2D eigenvalue weighted by Gasteiger charge is 2.35. The number of likely N-dealkylation sites (tertiary alicyclic amines) is 1. The highest BCUT2D eigenvalue weighted by Crippen LogP contribution is 2.35. The zero-order valence-electron chi connectivity index (χ0n) is 20.5. The number of amides is 2. The average molecular weight is 480 g/mol. The Hall–Kier alpha value is -3.52. The van der Waals surface area contributed by atoms with Crippen LogP contribution in [0.2, 0.25) is 0 Å². The van der Waals surface area contributed by atoms with Crippen molar-refractivity contribution in [3.05, 3.63) is 70.9 Å². The van der Waals surface area contributed by atoms with Crippen molar-refractivity contribution in [2.45, 2.75) is 25.3 Å². The lowest BCUT2D eigenvalue weighted by Gasteiger charge is -2.35. The maximum atomic E-state index is 12.9. The van der Waals surface area contributed by atoms with Crippen LogP contribution in [-0.4, -0.2) is 57.9 Å². The number of piperidine rings is 1. The number of methoxy groups -OCH3 is 3. The van der Waals surface area contributed by atoms with Gasteiger partial charge in [-0.15, -0.1) is 0 Å². The molecule has 2 heterocycles. The van der Waals surface area contributed by atoms with E-state index in [0.29, 0.717) is 40.8 Å². The molecule has 2 amide bonds. The molecule has 2 aromatic carbocycles. The van der Waals surface area contributed by atoms with E-state index in [1.54, 1.807) is 26.4 Å². The third-order valence-electron chi connectivity index (χ3n) is 6.76. The number of ether oxygens (including phenoxy) is 3. The lowest BCUT2D eigenvalue weighted by molar-refractivity contribution is -0.136. The van der Waals surface area contributed by atoms with Crippen molar-refractivity contribution >= 4 is 12.0 Å². The van der Waals surface area contributed by atoms with Crippen LogP contribution in [0.5, 0.6) is 11.5 Å². The number of rotatable bonds is 8. The molecule has 8 heteroatoms. The fourth-order valence-electron chi connectivity index (χ4n) is 4.90. The van der Waals surface area contributed by atoms with Gasteiger partial charge in [0.25, 0.3) is 0 Å². The van der Waals surface area contributed by atoms with Gasteiger partial charge in [0.1, 0.15) is 0 Å². The van der Waals surface area contributed by atoms with Crippen molar-refractivity contribution in [1.82, 2.24) is 15.5 Å². The molecule has 35 heavy (non-hydrogen) atoms. The summed E-state index contributed by atoms with van der Waals surface area (Å²) in [5, 5.41) is 5.73. The number of nitrogens with zero attached hydrogens (tertiary/aromatic N) is 1. The smallest absolute Gasteiger partial charge is 0.338 e. The largest absolute Gasteiger partial charge is 0.493 e. The Morgan fingerprint density at radius 2 is 1.71 bits per heavy atom. The van der Waals surface area contributed by atoms with Gasteiger partial charge in [-0.2, -0.15) is 0 Å². The minimum atomic E-state index is -0.665. The Kier molecular flexibility index (Phi) is 7.92. The van der Waals surface area contributed by atoms with E-state index in [1.807, 2.05) is 12.1 Å². The number of hydrogen-bond acceptors (Lipinski definition) is 6. The van der Waals surface area contributed by atoms with Gasteiger partial charge in [-0.3, -0.25) is 4.90 Å². The summed E-state index contributed by atoms with van der Waals surface area (Å²) in [5.74, 6) is 1.24. The number of hydrogen-bond donors (Lipinski definition) is 2. The molecule has 8 nitrogen and oxygen atoms in total. The second kappa shape index (κ2) is 11.3. The molecule has 186 valence electrons. The number of carbonyl (C=O) groups is 2. The third-order valence-corrected chi connectivity index (χ3v) is 6.76. The minimum Gasteiger partial charge on any atom is -0.493 e. The zero-order chi connectivity index (χ0) is 24.8. The van der Waals surface area contributed by atoms with Gasteiger partial charge in [0.2, 0.25) is 0 Å². The summed E-state index contributed by atoms with van der Waals surface area (Å²) in [4.78, 5) is 27.8. The van der Waals surface area contributed by atoms with Crippen molar-refractivity contribution in [1.29, 1.82) is 0 Å². The molecular weight excluding hydrogens is 446 g/mol. The quantitative estimate of drug-likeness (QED) is 0.564. The van der Waals surface area contributed by atoms with Gasteiger partial charge in [0.15, 0.2) is 11.5 Å². The van der Waals surface area contributed by atoms with E-state index < -0.39 is 12.0 Å². The van der Waals surface area contributed by atoms with Crippen LogP contribution in [0, 0.1) is 5.92 Å². The Balaban J connectivity index is 1.53. The normalized spacial score (nSPS) is 19.1. The predicted molar refractivity (Wildman–Crippen MR) is 132 cm³/mol. The molecule has 2 aliphatic heterocycles. The Morgan fingerprint density at radius 1 is 1.00 bits per heavy atom. The lowest BCUT2D eigenvalue weighted by Crippen LogP contribution is -2.49. The van der Waals surface area contributed by atoms with E-state index in [9.17, 15) is 9.59 Å². The summed E-state index contributed by atoms with van der Waals surface area (Å²) in [6, 6.07) is 14.9. The second-order valence-electron chi connectivity index (χ2n) is 8.94. The molecule has 0 radical (unpaired) electrons. The summed E-state index contributed by atoms with van der Waals surface area (Å²) in [6.45, 7) is 2.28. The van der Waals surface area contributed by atoms with Crippen molar-refractivity contribution in [3.63, 3.8) is 0 Å². The molecule has 0 aromatic heterocycles. The molecule has 0 spiro atoms. The molecule has 2 N–H and O–H groups in total. The van der Waals surface area contributed by atoms with Gasteiger partial charge in [-0.05, 0) is 61.5 Å². The highest BCUT2D eigenvalue weighted by atomic mass is 16.5. The summed E-state index contributed by atoms with van der Waals surface area (Å²) >= 11 is 0. The van der Waals surface area contributed by atoms with Gasteiger partial charge >= 0.3 is 12.0 Å². The molecule has 2 aliphatic rings. The molecule has 2 aromatic rings. The van der Waals surface area contributed by atoms with E-state index in [4.69, 9.17) is 14.2 Å². The van der Waals surface area contributed by atoms with Crippen LogP contribution in [0.3, 0.4) is 0 Å². The first-order chi connectivity index (χ1) is 17.0. The van der Waals surface area contributed by atoms with Crippen LogP contribution in [0.4, 0.5) is 4.79 Å². The van der Waals surface area contributed by atoms with Gasteiger partial charge in [-0.25, -0.2) is 9.59 Å². The number of urea groups is 1. The van der Waals surface area contributed by atoms with E-state index >= 15 is 0 Å². The average Bonchev–Trinajstić information content (AvgIpc) is 2.89. The predicted octanol–water partition coefficient (Wildman–Crippen LogP) is 3.44. The fourth-order valence-corrected chi connectivity index (χ4v) is 4.90. The lowest BCUT2D eigenvalue weighted by atomic mass is 9.89. The monoisotopic (exact) mass is 479 g/mol. The second-order valence-corrected chi connectivity index (χ2v) is 8.94. The minimum absolute atomic E-state index is 0.355. The number of nitrogens with one attached hydrogen (secondary N) is 2. The zero-order valence-corrected chi connectivity index (χ0v) is 20.5. The van der Waals surface area contributed by atoms with Crippen LogP contribution in [-0.2, 0) is 16.0 Å². The molecule has 1 unspecified atom stereocenters. The molecule has 0 aliphatic carbocycles. The maximum absolute atomic E-state index is 12.9. The van der Waals surface area contributed by atoms with E-state index in [2.05, 4.69) is 39.8 Å². The summed E-state index contributed by atoms with van der Waals surface area (Å²) in [6.07, 6.45) is 3.22. The van der Waals surface area contributed by atoms with Crippen LogP contribution >= 0.6 is 0 Å². The summed E-state index contributed by atoms with van der Waals surface area (Å²) < 4.78 is 15.9.